The predicted molar refractivity (Wildman–Crippen MR) is 78.5 cm³/mol. The second-order valence-electron chi connectivity index (χ2n) is 4.43. The van der Waals surface area contributed by atoms with Crippen molar-refractivity contribution in [1.82, 2.24) is 5.32 Å². The molecule has 2 aromatic rings. The van der Waals surface area contributed by atoms with Crippen molar-refractivity contribution >= 4 is 11.6 Å². The van der Waals surface area contributed by atoms with E-state index in [0.29, 0.717) is 23.1 Å². The van der Waals surface area contributed by atoms with Crippen molar-refractivity contribution in [3.05, 3.63) is 46.9 Å². The van der Waals surface area contributed by atoms with Gasteiger partial charge >= 0.3 is 0 Å². The molecule has 2 rings (SSSR count). The highest BCUT2D eigenvalue weighted by atomic mass is 35.5. The number of ether oxygens (including phenoxy) is 2. The molecule has 0 aliphatic carbocycles. The third kappa shape index (κ3) is 3.26. The van der Waals surface area contributed by atoms with Crippen LogP contribution < -0.4 is 14.8 Å². The first kappa shape index (κ1) is 14.8. The maximum Gasteiger partial charge on any atom is 0.179 e. The van der Waals surface area contributed by atoms with E-state index in [1.165, 1.54) is 0 Å². The average molecular weight is 296 g/mol. The number of rotatable bonds is 6. The predicted octanol–water partition coefficient (Wildman–Crippen LogP) is 3.80. The van der Waals surface area contributed by atoms with Gasteiger partial charge in [-0.1, -0.05) is 11.6 Å². The second-order valence-corrected chi connectivity index (χ2v) is 4.84. The zero-order valence-corrected chi connectivity index (χ0v) is 12.5. The van der Waals surface area contributed by atoms with Crippen LogP contribution >= 0.6 is 11.6 Å². The van der Waals surface area contributed by atoms with Crippen LogP contribution in [0.25, 0.3) is 0 Å². The molecule has 0 bridgehead atoms. The molecule has 20 heavy (non-hydrogen) atoms. The van der Waals surface area contributed by atoms with Gasteiger partial charge in [-0.2, -0.15) is 0 Å². The van der Waals surface area contributed by atoms with Crippen molar-refractivity contribution in [3.8, 4) is 11.5 Å². The Labute approximate surface area is 123 Å². The molecule has 4 nitrogen and oxygen atoms in total. The molecule has 0 amide bonds. The van der Waals surface area contributed by atoms with Crippen LogP contribution in [0.1, 0.15) is 24.3 Å². The molecule has 0 saturated carbocycles. The molecule has 108 valence electrons. The van der Waals surface area contributed by atoms with Crippen molar-refractivity contribution in [2.75, 3.05) is 14.2 Å². The molecule has 0 spiro atoms. The van der Waals surface area contributed by atoms with Crippen LogP contribution in [0.15, 0.2) is 34.9 Å². The summed E-state index contributed by atoms with van der Waals surface area (Å²) in [7, 11) is 3.16. The monoisotopic (exact) mass is 295 g/mol. The van der Waals surface area contributed by atoms with Crippen molar-refractivity contribution in [2.45, 2.75) is 19.5 Å². The number of hydrogen-bond acceptors (Lipinski definition) is 4. The fourth-order valence-corrected chi connectivity index (χ4v) is 2.29. The summed E-state index contributed by atoms with van der Waals surface area (Å²) in [5.41, 5.74) is 1.02. The van der Waals surface area contributed by atoms with Gasteiger partial charge in [0, 0.05) is 6.54 Å². The van der Waals surface area contributed by atoms with Crippen LogP contribution in [0.4, 0.5) is 0 Å². The number of furan rings is 1. The van der Waals surface area contributed by atoms with Gasteiger partial charge in [0.2, 0.25) is 0 Å². The first-order valence-corrected chi connectivity index (χ1v) is 6.70. The Bertz CT molecular complexity index is 554. The molecular formula is C15H18ClNO3. The topological polar surface area (TPSA) is 43.6 Å². The summed E-state index contributed by atoms with van der Waals surface area (Å²) in [5.74, 6) is 2.08. The average Bonchev–Trinajstić information content (AvgIpc) is 2.98. The molecule has 0 unspecified atom stereocenters. The number of nitrogens with one attached hydrogen (secondary N) is 1. The van der Waals surface area contributed by atoms with Crippen molar-refractivity contribution < 1.29 is 13.9 Å². The molecule has 0 radical (unpaired) electrons. The first-order valence-electron chi connectivity index (χ1n) is 6.33. The summed E-state index contributed by atoms with van der Waals surface area (Å²) in [4.78, 5) is 0. The van der Waals surface area contributed by atoms with Crippen molar-refractivity contribution in [2.24, 2.45) is 0 Å². The maximum atomic E-state index is 6.18. The Morgan fingerprint density at radius 1 is 1.30 bits per heavy atom. The SMILES string of the molecule is COc1cc(CN[C@@H](C)c2ccco2)cc(Cl)c1OC. The molecule has 1 aromatic heterocycles. The highest BCUT2D eigenvalue weighted by Crippen LogP contribution is 2.36. The quantitative estimate of drug-likeness (QED) is 0.880. The van der Waals surface area contributed by atoms with Gasteiger partial charge in [0.25, 0.3) is 0 Å². The Morgan fingerprint density at radius 3 is 2.70 bits per heavy atom. The lowest BCUT2D eigenvalue weighted by Gasteiger charge is -2.14. The van der Waals surface area contributed by atoms with E-state index in [9.17, 15) is 0 Å². The molecule has 5 heteroatoms. The van der Waals surface area contributed by atoms with Crippen LogP contribution in [0.5, 0.6) is 11.5 Å². The van der Waals surface area contributed by atoms with Crippen LogP contribution in [-0.2, 0) is 6.54 Å². The normalized spacial score (nSPS) is 12.2. The van der Waals surface area contributed by atoms with Crippen molar-refractivity contribution in [3.63, 3.8) is 0 Å². The van der Waals surface area contributed by atoms with E-state index in [2.05, 4.69) is 5.32 Å². The molecule has 1 N–H and O–H groups in total. The minimum atomic E-state index is 0.122. The van der Waals surface area contributed by atoms with Gasteiger partial charge in [0.1, 0.15) is 5.76 Å². The zero-order valence-electron chi connectivity index (χ0n) is 11.8. The molecular weight excluding hydrogens is 278 g/mol. The van der Waals surface area contributed by atoms with E-state index < -0.39 is 0 Å². The van der Waals surface area contributed by atoms with Gasteiger partial charge in [-0.05, 0) is 36.8 Å². The molecule has 0 saturated heterocycles. The van der Waals surface area contributed by atoms with Gasteiger partial charge < -0.3 is 19.2 Å². The molecule has 0 fully saturated rings. The van der Waals surface area contributed by atoms with Gasteiger partial charge in [0.05, 0.1) is 31.5 Å². The summed E-state index contributed by atoms with van der Waals surface area (Å²) in [6.45, 7) is 2.70. The van der Waals surface area contributed by atoms with E-state index in [0.717, 1.165) is 11.3 Å². The van der Waals surface area contributed by atoms with E-state index in [4.69, 9.17) is 25.5 Å². The van der Waals surface area contributed by atoms with Crippen LogP contribution in [-0.4, -0.2) is 14.2 Å². The van der Waals surface area contributed by atoms with Crippen LogP contribution in [0.3, 0.4) is 0 Å². The molecule has 1 atom stereocenters. The zero-order chi connectivity index (χ0) is 14.5. The number of methoxy groups -OCH3 is 2. The third-order valence-electron chi connectivity index (χ3n) is 3.08. The number of benzene rings is 1. The third-order valence-corrected chi connectivity index (χ3v) is 3.36. The highest BCUT2D eigenvalue weighted by Gasteiger charge is 2.12. The Kier molecular flexibility index (Phi) is 4.93. The fourth-order valence-electron chi connectivity index (χ4n) is 1.98. The minimum absolute atomic E-state index is 0.122. The van der Waals surface area contributed by atoms with Crippen LogP contribution in [0.2, 0.25) is 5.02 Å². The Hall–Kier alpha value is -1.65. The first-order chi connectivity index (χ1) is 9.65. The highest BCUT2D eigenvalue weighted by molar-refractivity contribution is 6.32. The number of halogens is 1. The van der Waals surface area contributed by atoms with Gasteiger partial charge in [-0.25, -0.2) is 0 Å². The second kappa shape index (κ2) is 6.68. The summed E-state index contributed by atoms with van der Waals surface area (Å²) >= 11 is 6.18. The summed E-state index contributed by atoms with van der Waals surface area (Å²) in [5, 5.41) is 3.90. The lowest BCUT2D eigenvalue weighted by atomic mass is 10.1. The van der Waals surface area contributed by atoms with E-state index in [-0.39, 0.29) is 6.04 Å². The molecule has 1 heterocycles. The Balaban J connectivity index is 2.08. The summed E-state index contributed by atoms with van der Waals surface area (Å²) in [6, 6.07) is 7.72. The van der Waals surface area contributed by atoms with Gasteiger partial charge in [-0.15, -0.1) is 0 Å². The molecule has 1 aromatic carbocycles. The number of hydrogen-bond donors (Lipinski definition) is 1. The van der Waals surface area contributed by atoms with Crippen molar-refractivity contribution in [1.29, 1.82) is 0 Å². The van der Waals surface area contributed by atoms with Gasteiger partial charge in [-0.3, -0.25) is 0 Å². The van der Waals surface area contributed by atoms with Crippen LogP contribution in [0, 0.1) is 0 Å². The largest absolute Gasteiger partial charge is 0.493 e. The lowest BCUT2D eigenvalue weighted by molar-refractivity contribution is 0.354. The maximum absolute atomic E-state index is 6.18. The minimum Gasteiger partial charge on any atom is -0.493 e. The Morgan fingerprint density at radius 2 is 2.10 bits per heavy atom. The summed E-state index contributed by atoms with van der Waals surface area (Å²) in [6.07, 6.45) is 1.67. The lowest BCUT2D eigenvalue weighted by Crippen LogP contribution is -2.17. The molecule has 0 aliphatic rings. The standard InChI is InChI=1S/C15H18ClNO3/c1-10(13-5-4-6-20-13)17-9-11-7-12(16)15(19-3)14(8-11)18-2/h4-8,10,17H,9H2,1-3H3/t10-/m0/s1. The smallest absolute Gasteiger partial charge is 0.179 e. The fraction of sp³-hybridized carbons (Fsp3) is 0.333. The summed E-state index contributed by atoms with van der Waals surface area (Å²) < 4.78 is 15.9. The van der Waals surface area contributed by atoms with E-state index in [1.807, 2.05) is 31.2 Å². The van der Waals surface area contributed by atoms with Gasteiger partial charge in [0.15, 0.2) is 11.5 Å². The van der Waals surface area contributed by atoms with E-state index in [1.54, 1.807) is 20.5 Å². The van der Waals surface area contributed by atoms with E-state index >= 15 is 0 Å². The molecule has 0 aliphatic heterocycles.